The van der Waals surface area contributed by atoms with Crippen molar-refractivity contribution in [1.29, 1.82) is 5.26 Å². The van der Waals surface area contributed by atoms with Crippen LogP contribution in [-0.2, 0) is 0 Å². The summed E-state index contributed by atoms with van der Waals surface area (Å²) in [6, 6.07) is 2.43. The molecule has 0 atom stereocenters. The van der Waals surface area contributed by atoms with E-state index in [0.29, 0.717) is 5.41 Å². The molecule has 2 heteroatoms. The molecule has 1 saturated carbocycles. The molecule has 1 rings (SSSR count). The Hall–Kier alpha value is -0.160. The van der Waals surface area contributed by atoms with E-state index >= 15 is 0 Å². The van der Waals surface area contributed by atoms with E-state index in [1.807, 2.05) is 0 Å². The van der Waals surface area contributed by atoms with Crippen molar-refractivity contribution in [1.82, 2.24) is 0 Å². The predicted octanol–water partition coefficient (Wildman–Crippen LogP) is 2.82. The quantitative estimate of drug-likeness (QED) is 0.634. The highest BCUT2D eigenvalue weighted by molar-refractivity contribution is 8.00. The molecule has 1 nitrogen and oxygen atoms in total. The Morgan fingerprint density at radius 1 is 1.45 bits per heavy atom. The Balaban J connectivity index is 2.52. The molecular formula is C9H15NS. The molecule has 0 heterocycles. The highest BCUT2D eigenvalue weighted by atomic mass is 32.2. The van der Waals surface area contributed by atoms with Gasteiger partial charge in [0.1, 0.15) is 4.75 Å². The lowest BCUT2D eigenvalue weighted by atomic mass is 9.64. The third kappa shape index (κ3) is 1.70. The van der Waals surface area contributed by atoms with Gasteiger partial charge in [0.2, 0.25) is 0 Å². The van der Waals surface area contributed by atoms with E-state index in [1.165, 1.54) is 0 Å². The van der Waals surface area contributed by atoms with Gasteiger partial charge < -0.3 is 0 Å². The van der Waals surface area contributed by atoms with Gasteiger partial charge >= 0.3 is 0 Å². The van der Waals surface area contributed by atoms with Crippen LogP contribution in [0.25, 0.3) is 0 Å². The molecule has 1 fully saturated rings. The van der Waals surface area contributed by atoms with E-state index in [2.05, 4.69) is 26.8 Å². The monoisotopic (exact) mass is 169 g/mol. The minimum atomic E-state index is -0.0295. The van der Waals surface area contributed by atoms with Crippen LogP contribution in [0.2, 0.25) is 0 Å². The maximum atomic E-state index is 8.93. The summed E-state index contributed by atoms with van der Waals surface area (Å²) >= 11 is 1.81. The van der Waals surface area contributed by atoms with E-state index in [1.54, 1.807) is 11.8 Å². The van der Waals surface area contributed by atoms with Gasteiger partial charge in [-0.25, -0.2) is 0 Å². The lowest BCUT2D eigenvalue weighted by Gasteiger charge is -2.48. The van der Waals surface area contributed by atoms with Crippen molar-refractivity contribution in [2.24, 2.45) is 5.41 Å². The average Bonchev–Trinajstić information content (AvgIpc) is 1.84. The van der Waals surface area contributed by atoms with Crippen molar-refractivity contribution in [3.05, 3.63) is 0 Å². The average molecular weight is 169 g/mol. The zero-order chi connectivity index (χ0) is 8.54. The second-order valence-corrected chi connectivity index (χ2v) is 5.70. The van der Waals surface area contributed by atoms with Crippen LogP contribution in [0, 0.1) is 16.7 Å². The van der Waals surface area contributed by atoms with E-state index < -0.39 is 0 Å². The van der Waals surface area contributed by atoms with Crippen molar-refractivity contribution >= 4 is 11.8 Å². The maximum absolute atomic E-state index is 8.93. The zero-order valence-electron chi connectivity index (χ0n) is 7.48. The molecule has 11 heavy (non-hydrogen) atoms. The van der Waals surface area contributed by atoms with Crippen molar-refractivity contribution in [3.63, 3.8) is 0 Å². The molecule has 0 bridgehead atoms. The summed E-state index contributed by atoms with van der Waals surface area (Å²) in [6.45, 7) is 6.59. The van der Waals surface area contributed by atoms with E-state index in [4.69, 9.17) is 5.26 Å². The topological polar surface area (TPSA) is 23.8 Å². The van der Waals surface area contributed by atoms with Crippen molar-refractivity contribution < 1.29 is 0 Å². The van der Waals surface area contributed by atoms with Gasteiger partial charge in [0.25, 0.3) is 0 Å². The Morgan fingerprint density at radius 2 is 2.00 bits per heavy atom. The smallest absolute Gasteiger partial charge is 0.103 e. The van der Waals surface area contributed by atoms with Gasteiger partial charge in [0.05, 0.1) is 6.07 Å². The summed E-state index contributed by atoms with van der Waals surface area (Å²) in [5.41, 5.74) is 0.415. The number of nitrogens with zero attached hydrogens (tertiary/aromatic N) is 1. The normalized spacial score (nSPS) is 25.3. The Morgan fingerprint density at radius 3 is 2.27 bits per heavy atom. The Kier molecular flexibility index (Phi) is 2.20. The maximum Gasteiger partial charge on any atom is 0.103 e. The second-order valence-electron chi connectivity index (χ2n) is 4.06. The minimum Gasteiger partial charge on any atom is -0.197 e. The standard InChI is InChI=1S/C9H15NS/c1-4-11-9(7-10)5-8(2,3)6-9/h4-6H2,1-3H3. The van der Waals surface area contributed by atoms with Crippen molar-refractivity contribution in [3.8, 4) is 6.07 Å². The summed E-state index contributed by atoms with van der Waals surface area (Å²) in [4.78, 5) is 0. The molecule has 1 aliphatic carbocycles. The van der Waals surface area contributed by atoms with E-state index in [-0.39, 0.29) is 4.75 Å². The largest absolute Gasteiger partial charge is 0.197 e. The van der Waals surface area contributed by atoms with E-state index in [0.717, 1.165) is 18.6 Å². The summed E-state index contributed by atoms with van der Waals surface area (Å²) in [5, 5.41) is 8.93. The highest BCUT2D eigenvalue weighted by Crippen LogP contribution is 2.54. The van der Waals surface area contributed by atoms with Crippen molar-refractivity contribution in [2.45, 2.75) is 38.4 Å². The van der Waals surface area contributed by atoms with Gasteiger partial charge in [0.15, 0.2) is 0 Å². The number of hydrogen-bond donors (Lipinski definition) is 0. The lowest BCUT2D eigenvalue weighted by molar-refractivity contribution is 0.162. The predicted molar refractivity (Wildman–Crippen MR) is 49.5 cm³/mol. The van der Waals surface area contributed by atoms with Crippen LogP contribution < -0.4 is 0 Å². The highest BCUT2D eigenvalue weighted by Gasteiger charge is 2.49. The first-order chi connectivity index (χ1) is 5.04. The number of hydrogen-bond acceptors (Lipinski definition) is 2. The van der Waals surface area contributed by atoms with Crippen LogP contribution in [0.15, 0.2) is 0 Å². The lowest BCUT2D eigenvalue weighted by Crippen LogP contribution is -2.45. The summed E-state index contributed by atoms with van der Waals surface area (Å²) in [6.07, 6.45) is 2.13. The van der Waals surface area contributed by atoms with Crippen LogP contribution >= 0.6 is 11.8 Å². The van der Waals surface area contributed by atoms with Gasteiger partial charge in [0, 0.05) is 0 Å². The number of nitriles is 1. The minimum absolute atomic E-state index is 0.0295. The molecule has 0 aliphatic heterocycles. The molecule has 0 unspecified atom stereocenters. The Bertz CT molecular complexity index is 182. The number of thioether (sulfide) groups is 1. The molecule has 0 N–H and O–H groups in total. The molecule has 0 aromatic heterocycles. The molecular weight excluding hydrogens is 154 g/mol. The molecule has 62 valence electrons. The summed E-state index contributed by atoms with van der Waals surface area (Å²) in [7, 11) is 0. The fourth-order valence-electron chi connectivity index (χ4n) is 1.98. The first-order valence-electron chi connectivity index (χ1n) is 4.09. The SMILES string of the molecule is CCSC1(C#N)CC(C)(C)C1. The summed E-state index contributed by atoms with van der Waals surface area (Å²) < 4.78 is -0.0295. The third-order valence-electron chi connectivity index (χ3n) is 2.15. The fraction of sp³-hybridized carbons (Fsp3) is 0.889. The molecule has 0 amide bonds. The molecule has 0 radical (unpaired) electrons. The molecule has 1 aliphatic rings. The van der Waals surface area contributed by atoms with Gasteiger partial charge in [-0.2, -0.15) is 5.26 Å². The fourth-order valence-corrected chi connectivity index (χ4v) is 3.59. The Labute approximate surface area is 73.2 Å². The first kappa shape index (κ1) is 8.93. The van der Waals surface area contributed by atoms with Crippen LogP contribution in [0.5, 0.6) is 0 Å². The van der Waals surface area contributed by atoms with Gasteiger partial charge in [-0.3, -0.25) is 0 Å². The summed E-state index contributed by atoms with van der Waals surface area (Å²) in [5.74, 6) is 1.06. The molecule has 0 saturated heterocycles. The number of rotatable bonds is 2. The van der Waals surface area contributed by atoms with Crippen LogP contribution in [0.3, 0.4) is 0 Å². The second kappa shape index (κ2) is 2.71. The van der Waals surface area contributed by atoms with Gasteiger partial charge in [-0.05, 0) is 24.0 Å². The van der Waals surface area contributed by atoms with Crippen LogP contribution in [0.1, 0.15) is 33.6 Å². The molecule has 0 spiro atoms. The van der Waals surface area contributed by atoms with Crippen LogP contribution in [0.4, 0.5) is 0 Å². The van der Waals surface area contributed by atoms with Gasteiger partial charge in [-0.1, -0.05) is 20.8 Å². The zero-order valence-corrected chi connectivity index (χ0v) is 8.29. The third-order valence-corrected chi connectivity index (χ3v) is 3.37. The molecule has 0 aromatic carbocycles. The first-order valence-corrected chi connectivity index (χ1v) is 5.07. The van der Waals surface area contributed by atoms with E-state index in [9.17, 15) is 0 Å². The molecule has 0 aromatic rings. The van der Waals surface area contributed by atoms with Crippen molar-refractivity contribution in [2.75, 3.05) is 5.75 Å². The van der Waals surface area contributed by atoms with Gasteiger partial charge in [-0.15, -0.1) is 11.8 Å². The van der Waals surface area contributed by atoms with Crippen LogP contribution in [-0.4, -0.2) is 10.5 Å².